The van der Waals surface area contributed by atoms with Gasteiger partial charge in [0.2, 0.25) is 0 Å². The normalized spacial score (nSPS) is 11.3. The summed E-state index contributed by atoms with van der Waals surface area (Å²) in [5.74, 6) is 0.687. The van der Waals surface area contributed by atoms with Gasteiger partial charge >= 0.3 is 0 Å². The number of aromatic nitrogens is 3. The summed E-state index contributed by atoms with van der Waals surface area (Å²) in [5, 5.41) is 2.53. The maximum absolute atomic E-state index is 5.21. The second-order valence-corrected chi connectivity index (χ2v) is 11.6. The maximum Gasteiger partial charge on any atom is 0.161 e. The van der Waals surface area contributed by atoms with Crippen LogP contribution in [0, 0.1) is 0 Å². The van der Waals surface area contributed by atoms with Crippen molar-refractivity contribution in [1.29, 1.82) is 0 Å². The van der Waals surface area contributed by atoms with Gasteiger partial charge < -0.3 is 0 Å². The lowest BCUT2D eigenvalue weighted by molar-refractivity contribution is 1.18. The third-order valence-corrected chi connectivity index (χ3v) is 8.96. The van der Waals surface area contributed by atoms with E-state index in [1.807, 2.05) is 35.7 Å². The Morgan fingerprint density at radius 1 is 0.419 bits per heavy atom. The van der Waals surface area contributed by atoms with Gasteiger partial charge in [-0.1, -0.05) is 103 Å². The minimum absolute atomic E-state index is 0.687. The molecular formula is C39H25N3S. The Balaban J connectivity index is 1.34. The molecule has 3 nitrogen and oxygen atoms in total. The maximum atomic E-state index is 5.21. The van der Waals surface area contributed by atoms with E-state index in [0.29, 0.717) is 5.82 Å². The third-order valence-electron chi connectivity index (χ3n) is 7.80. The lowest BCUT2D eigenvalue weighted by Gasteiger charge is -2.13. The zero-order valence-corrected chi connectivity index (χ0v) is 24.0. The lowest BCUT2D eigenvalue weighted by atomic mass is 9.98. The van der Waals surface area contributed by atoms with E-state index in [1.165, 1.54) is 25.7 Å². The molecule has 8 aromatic rings. The molecule has 0 amide bonds. The van der Waals surface area contributed by atoms with Crippen LogP contribution in [0.4, 0.5) is 0 Å². The van der Waals surface area contributed by atoms with E-state index in [-0.39, 0.29) is 0 Å². The zero-order valence-electron chi connectivity index (χ0n) is 23.2. The van der Waals surface area contributed by atoms with Gasteiger partial charge in [-0.15, -0.1) is 11.3 Å². The van der Waals surface area contributed by atoms with Crippen molar-refractivity contribution >= 4 is 31.5 Å². The van der Waals surface area contributed by atoms with E-state index in [1.54, 1.807) is 6.20 Å². The van der Waals surface area contributed by atoms with Crippen LogP contribution in [0.1, 0.15) is 0 Å². The van der Waals surface area contributed by atoms with Crippen molar-refractivity contribution in [3.63, 3.8) is 0 Å². The SMILES string of the molecule is c1ccc(-c2cccc(-c3cc(-c4ccc5sc6ccccc6c5c4)nc(-c4ccccc4-c4cccnc4)n3)c2)cc1. The molecule has 0 N–H and O–H groups in total. The summed E-state index contributed by atoms with van der Waals surface area (Å²) < 4.78 is 2.57. The Morgan fingerprint density at radius 2 is 1.09 bits per heavy atom. The van der Waals surface area contributed by atoms with E-state index < -0.39 is 0 Å². The van der Waals surface area contributed by atoms with E-state index in [4.69, 9.17) is 9.97 Å². The number of pyridine rings is 1. The average Bonchev–Trinajstić information content (AvgIpc) is 3.47. The molecule has 0 aliphatic rings. The molecule has 0 aliphatic carbocycles. The first kappa shape index (κ1) is 25.3. The molecule has 3 aromatic heterocycles. The van der Waals surface area contributed by atoms with Gasteiger partial charge in [0.05, 0.1) is 11.4 Å². The fourth-order valence-electron chi connectivity index (χ4n) is 5.69. The van der Waals surface area contributed by atoms with Gasteiger partial charge in [-0.05, 0) is 53.1 Å². The third kappa shape index (κ3) is 4.78. The van der Waals surface area contributed by atoms with Crippen LogP contribution in [0.2, 0.25) is 0 Å². The monoisotopic (exact) mass is 567 g/mol. The van der Waals surface area contributed by atoms with Crippen molar-refractivity contribution in [3.8, 4) is 56.2 Å². The zero-order chi connectivity index (χ0) is 28.6. The molecule has 8 rings (SSSR count). The van der Waals surface area contributed by atoms with Crippen molar-refractivity contribution in [1.82, 2.24) is 15.0 Å². The molecule has 0 atom stereocenters. The second-order valence-electron chi connectivity index (χ2n) is 10.5. The average molecular weight is 568 g/mol. The van der Waals surface area contributed by atoms with Crippen LogP contribution in [-0.2, 0) is 0 Å². The van der Waals surface area contributed by atoms with Crippen molar-refractivity contribution in [3.05, 3.63) is 152 Å². The number of rotatable bonds is 5. The van der Waals surface area contributed by atoms with Gasteiger partial charge in [-0.2, -0.15) is 0 Å². The summed E-state index contributed by atoms with van der Waals surface area (Å²) in [6.45, 7) is 0. The molecule has 4 heteroatoms. The molecule has 0 radical (unpaired) electrons. The Hall–Kier alpha value is -5.45. The molecule has 0 fully saturated rings. The molecule has 0 aliphatic heterocycles. The molecule has 0 spiro atoms. The first-order valence-electron chi connectivity index (χ1n) is 14.3. The van der Waals surface area contributed by atoms with Crippen LogP contribution >= 0.6 is 11.3 Å². The molecule has 0 unspecified atom stereocenters. The number of nitrogens with zero attached hydrogens (tertiary/aromatic N) is 3. The summed E-state index contributed by atoms with van der Waals surface area (Å²) in [6, 6.07) is 48.8. The quantitative estimate of drug-likeness (QED) is 0.208. The predicted molar refractivity (Wildman–Crippen MR) is 180 cm³/mol. The first-order chi connectivity index (χ1) is 21.3. The summed E-state index contributed by atoms with van der Waals surface area (Å²) >= 11 is 1.83. The smallest absolute Gasteiger partial charge is 0.161 e. The molecule has 43 heavy (non-hydrogen) atoms. The standard InChI is InChI=1S/C39H25N3S/c1-2-10-26(11-3-1)27-12-8-13-28(22-27)35-24-36(29-19-20-38-34(23-29)32-16-6-7-18-37(32)43-38)42-39(41-35)33-17-5-4-15-31(33)30-14-9-21-40-25-30/h1-25H. The summed E-state index contributed by atoms with van der Waals surface area (Å²) in [6.07, 6.45) is 3.69. The molecule has 3 heterocycles. The molecule has 202 valence electrons. The van der Waals surface area contributed by atoms with E-state index >= 15 is 0 Å². The number of hydrogen-bond donors (Lipinski definition) is 0. The second kappa shape index (κ2) is 10.8. The van der Waals surface area contributed by atoms with Gasteiger partial charge in [0.15, 0.2) is 5.82 Å². The fourth-order valence-corrected chi connectivity index (χ4v) is 6.78. The molecular weight excluding hydrogens is 543 g/mol. The molecule has 0 saturated heterocycles. The van der Waals surface area contributed by atoms with Crippen LogP contribution in [-0.4, -0.2) is 15.0 Å². The van der Waals surface area contributed by atoms with E-state index in [0.717, 1.165) is 44.8 Å². The number of benzene rings is 5. The van der Waals surface area contributed by atoms with Crippen LogP contribution in [0.5, 0.6) is 0 Å². The van der Waals surface area contributed by atoms with Gasteiger partial charge in [0, 0.05) is 54.8 Å². The molecule has 0 saturated carbocycles. The van der Waals surface area contributed by atoms with Gasteiger partial charge in [0.25, 0.3) is 0 Å². The minimum Gasteiger partial charge on any atom is -0.264 e. The molecule has 5 aromatic carbocycles. The summed E-state index contributed by atoms with van der Waals surface area (Å²) in [7, 11) is 0. The predicted octanol–water partition coefficient (Wildman–Crippen LogP) is 10.6. The van der Waals surface area contributed by atoms with Crippen LogP contribution < -0.4 is 0 Å². The number of thiophene rings is 1. The number of fused-ring (bicyclic) bond motifs is 3. The summed E-state index contributed by atoms with van der Waals surface area (Å²) in [4.78, 5) is 14.8. The highest BCUT2D eigenvalue weighted by Crippen LogP contribution is 2.38. The highest BCUT2D eigenvalue weighted by Gasteiger charge is 2.16. The highest BCUT2D eigenvalue weighted by molar-refractivity contribution is 7.25. The Labute approximate surface area is 253 Å². The Morgan fingerprint density at radius 3 is 1.93 bits per heavy atom. The van der Waals surface area contributed by atoms with Crippen molar-refractivity contribution in [2.45, 2.75) is 0 Å². The minimum atomic E-state index is 0.687. The van der Waals surface area contributed by atoms with E-state index in [9.17, 15) is 0 Å². The van der Waals surface area contributed by atoms with Gasteiger partial charge in [-0.3, -0.25) is 4.98 Å². The Kier molecular flexibility index (Phi) is 6.32. The van der Waals surface area contributed by atoms with Crippen molar-refractivity contribution in [2.75, 3.05) is 0 Å². The van der Waals surface area contributed by atoms with Crippen molar-refractivity contribution in [2.24, 2.45) is 0 Å². The fraction of sp³-hybridized carbons (Fsp3) is 0. The first-order valence-corrected chi connectivity index (χ1v) is 15.1. The van der Waals surface area contributed by atoms with Crippen molar-refractivity contribution < 1.29 is 0 Å². The van der Waals surface area contributed by atoms with Crippen LogP contribution in [0.15, 0.2) is 152 Å². The highest BCUT2D eigenvalue weighted by atomic mass is 32.1. The Bertz CT molecular complexity index is 2240. The lowest BCUT2D eigenvalue weighted by Crippen LogP contribution is -1.97. The number of hydrogen-bond acceptors (Lipinski definition) is 4. The largest absolute Gasteiger partial charge is 0.264 e. The molecule has 0 bridgehead atoms. The van der Waals surface area contributed by atoms with Crippen LogP contribution in [0.25, 0.3) is 76.3 Å². The van der Waals surface area contributed by atoms with Crippen LogP contribution in [0.3, 0.4) is 0 Å². The van der Waals surface area contributed by atoms with E-state index in [2.05, 4.69) is 126 Å². The summed E-state index contributed by atoms with van der Waals surface area (Å²) in [5.41, 5.74) is 9.28. The van der Waals surface area contributed by atoms with Gasteiger partial charge in [-0.25, -0.2) is 9.97 Å². The topological polar surface area (TPSA) is 38.7 Å². The van der Waals surface area contributed by atoms with Gasteiger partial charge in [0.1, 0.15) is 0 Å².